The van der Waals surface area contributed by atoms with Gasteiger partial charge in [0, 0.05) is 6.20 Å². The van der Waals surface area contributed by atoms with E-state index >= 15 is 0 Å². The molecule has 0 aromatic carbocycles. The van der Waals surface area contributed by atoms with Crippen molar-refractivity contribution < 1.29 is 0 Å². The normalized spacial score (nSPS) is 12.3. The third kappa shape index (κ3) is 6.25. The third-order valence-corrected chi connectivity index (χ3v) is 3.72. The zero-order valence-electron chi connectivity index (χ0n) is 12.2. The van der Waals surface area contributed by atoms with Crippen LogP contribution < -0.4 is 5.32 Å². The second-order valence-corrected chi connectivity index (χ2v) is 5.80. The molecule has 0 saturated heterocycles. The lowest BCUT2D eigenvalue weighted by molar-refractivity contribution is 0.463. The fourth-order valence-corrected chi connectivity index (χ4v) is 2.66. The van der Waals surface area contributed by atoms with Gasteiger partial charge >= 0.3 is 0 Å². The second-order valence-electron chi connectivity index (χ2n) is 4.95. The molecule has 1 aromatic heterocycles. The highest BCUT2D eigenvalue weighted by Crippen LogP contribution is 2.27. The van der Waals surface area contributed by atoms with E-state index in [1.165, 1.54) is 12.8 Å². The van der Waals surface area contributed by atoms with Crippen molar-refractivity contribution >= 4 is 23.2 Å². The van der Waals surface area contributed by atoms with Gasteiger partial charge in [-0.2, -0.15) is 0 Å². The number of nitrogens with zero attached hydrogens (tertiary/aromatic N) is 1. The van der Waals surface area contributed by atoms with Crippen LogP contribution in [0.1, 0.15) is 57.2 Å². The van der Waals surface area contributed by atoms with Crippen molar-refractivity contribution in [3.05, 3.63) is 40.7 Å². The summed E-state index contributed by atoms with van der Waals surface area (Å²) < 4.78 is 0. The molecular formula is C16H24Cl2N2. The van der Waals surface area contributed by atoms with Crippen LogP contribution in [0.15, 0.2) is 24.9 Å². The van der Waals surface area contributed by atoms with Gasteiger partial charge in [-0.25, -0.2) is 0 Å². The number of pyridine rings is 1. The lowest BCUT2D eigenvalue weighted by Crippen LogP contribution is -2.23. The van der Waals surface area contributed by atoms with Crippen LogP contribution >= 0.6 is 23.2 Å². The van der Waals surface area contributed by atoms with E-state index in [4.69, 9.17) is 23.2 Å². The number of hydrogen-bond acceptors (Lipinski definition) is 2. The molecule has 1 unspecified atom stereocenters. The molecular weight excluding hydrogens is 291 g/mol. The molecule has 20 heavy (non-hydrogen) atoms. The van der Waals surface area contributed by atoms with Crippen LogP contribution in [0.4, 0.5) is 0 Å². The lowest BCUT2D eigenvalue weighted by Gasteiger charge is -2.19. The predicted octanol–water partition coefficient (Wildman–Crippen LogP) is 5.57. The smallest absolute Gasteiger partial charge is 0.0760 e. The van der Waals surface area contributed by atoms with Crippen molar-refractivity contribution in [3.8, 4) is 0 Å². The van der Waals surface area contributed by atoms with Gasteiger partial charge in [0.2, 0.25) is 0 Å². The van der Waals surface area contributed by atoms with Crippen LogP contribution in [-0.2, 0) is 0 Å². The molecule has 1 aromatic rings. The molecule has 0 amide bonds. The average molecular weight is 315 g/mol. The van der Waals surface area contributed by atoms with Gasteiger partial charge in [0.05, 0.1) is 21.8 Å². The monoisotopic (exact) mass is 314 g/mol. The molecule has 0 fully saturated rings. The van der Waals surface area contributed by atoms with Crippen LogP contribution in [0.3, 0.4) is 0 Å². The highest BCUT2D eigenvalue weighted by molar-refractivity contribution is 6.34. The Hall–Kier alpha value is -0.570. The SMILES string of the molecule is C=CCCCCCC(NCCC)c1ncc(Cl)cc1Cl. The summed E-state index contributed by atoms with van der Waals surface area (Å²) in [6, 6.07) is 1.98. The minimum Gasteiger partial charge on any atom is -0.309 e. The molecule has 0 bridgehead atoms. The molecule has 1 heterocycles. The van der Waals surface area contributed by atoms with E-state index in [-0.39, 0.29) is 6.04 Å². The number of unbranched alkanes of at least 4 members (excludes halogenated alkanes) is 3. The van der Waals surface area contributed by atoms with Gasteiger partial charge in [-0.15, -0.1) is 6.58 Å². The number of rotatable bonds is 10. The van der Waals surface area contributed by atoms with Crippen molar-refractivity contribution in [2.75, 3.05) is 6.54 Å². The molecule has 2 nitrogen and oxygen atoms in total. The summed E-state index contributed by atoms with van der Waals surface area (Å²) >= 11 is 12.2. The molecule has 0 radical (unpaired) electrons. The molecule has 1 rings (SSSR count). The molecule has 0 saturated carbocycles. The Bertz CT molecular complexity index is 407. The highest BCUT2D eigenvalue weighted by Gasteiger charge is 2.15. The molecule has 0 aliphatic carbocycles. The first-order chi connectivity index (χ1) is 9.69. The number of halogens is 2. The van der Waals surface area contributed by atoms with Crippen molar-refractivity contribution in [1.29, 1.82) is 0 Å². The zero-order valence-corrected chi connectivity index (χ0v) is 13.7. The largest absolute Gasteiger partial charge is 0.309 e. The molecule has 4 heteroatoms. The van der Waals surface area contributed by atoms with Gasteiger partial charge in [-0.1, -0.05) is 49.0 Å². The minimum absolute atomic E-state index is 0.212. The Morgan fingerprint density at radius 3 is 2.80 bits per heavy atom. The van der Waals surface area contributed by atoms with E-state index in [2.05, 4.69) is 23.8 Å². The maximum atomic E-state index is 6.27. The summed E-state index contributed by atoms with van der Waals surface area (Å²) in [6.45, 7) is 6.88. The van der Waals surface area contributed by atoms with Crippen LogP contribution in [-0.4, -0.2) is 11.5 Å². The Balaban J connectivity index is 2.60. The average Bonchev–Trinajstić information content (AvgIpc) is 2.43. The summed E-state index contributed by atoms with van der Waals surface area (Å²) in [5.41, 5.74) is 0.910. The fourth-order valence-electron chi connectivity index (χ4n) is 2.15. The number of allylic oxidation sites excluding steroid dienone is 1. The molecule has 1 atom stereocenters. The first kappa shape index (κ1) is 17.5. The highest BCUT2D eigenvalue weighted by atomic mass is 35.5. The summed E-state index contributed by atoms with van der Waals surface area (Å²) in [4.78, 5) is 4.40. The number of aromatic nitrogens is 1. The zero-order chi connectivity index (χ0) is 14.8. The Morgan fingerprint density at radius 1 is 1.35 bits per heavy atom. The third-order valence-electron chi connectivity index (χ3n) is 3.21. The van der Waals surface area contributed by atoms with E-state index in [9.17, 15) is 0 Å². The van der Waals surface area contributed by atoms with Crippen molar-refractivity contribution in [2.24, 2.45) is 0 Å². The number of hydrogen-bond donors (Lipinski definition) is 1. The summed E-state index contributed by atoms with van der Waals surface area (Å²) in [5.74, 6) is 0. The predicted molar refractivity (Wildman–Crippen MR) is 88.6 cm³/mol. The van der Waals surface area contributed by atoms with E-state index in [1.54, 1.807) is 12.3 Å². The summed E-state index contributed by atoms with van der Waals surface area (Å²) in [5, 5.41) is 4.76. The second kappa shape index (κ2) is 10.2. The van der Waals surface area contributed by atoms with Gasteiger partial charge in [0.25, 0.3) is 0 Å². The van der Waals surface area contributed by atoms with Crippen molar-refractivity contribution in [2.45, 2.75) is 51.5 Å². The summed E-state index contributed by atoms with van der Waals surface area (Å²) in [6.07, 6.45) is 10.4. The van der Waals surface area contributed by atoms with Crippen LogP contribution in [0.5, 0.6) is 0 Å². The van der Waals surface area contributed by atoms with E-state index < -0.39 is 0 Å². The maximum absolute atomic E-state index is 6.27. The number of nitrogens with one attached hydrogen (secondary N) is 1. The van der Waals surface area contributed by atoms with Gasteiger partial charge < -0.3 is 5.32 Å². The first-order valence-electron chi connectivity index (χ1n) is 7.34. The quantitative estimate of drug-likeness (QED) is 0.451. The standard InChI is InChI=1S/C16H24Cl2N2/c1-3-5-6-7-8-9-15(19-10-4-2)16-14(18)11-13(17)12-20-16/h3,11-12,15,19H,1,4-10H2,2H3. The first-order valence-corrected chi connectivity index (χ1v) is 8.09. The van der Waals surface area contributed by atoms with Crippen molar-refractivity contribution in [3.63, 3.8) is 0 Å². The molecule has 0 spiro atoms. The molecule has 1 N–H and O–H groups in total. The lowest BCUT2D eigenvalue weighted by atomic mass is 10.0. The molecule has 0 aliphatic rings. The molecule has 112 valence electrons. The minimum atomic E-state index is 0.212. The maximum Gasteiger partial charge on any atom is 0.0760 e. The fraction of sp³-hybridized carbons (Fsp3) is 0.562. The summed E-state index contributed by atoms with van der Waals surface area (Å²) in [7, 11) is 0. The van der Waals surface area contributed by atoms with Crippen LogP contribution in [0.2, 0.25) is 10.0 Å². The van der Waals surface area contributed by atoms with Gasteiger partial charge in [0.1, 0.15) is 0 Å². The molecule has 0 aliphatic heterocycles. The van der Waals surface area contributed by atoms with E-state index in [1.807, 2.05) is 6.08 Å². The topological polar surface area (TPSA) is 24.9 Å². The Kier molecular flexibility index (Phi) is 8.92. The van der Waals surface area contributed by atoms with Crippen molar-refractivity contribution in [1.82, 2.24) is 10.3 Å². The van der Waals surface area contributed by atoms with E-state index in [0.29, 0.717) is 10.0 Å². The van der Waals surface area contributed by atoms with Gasteiger partial charge in [-0.05, 0) is 38.3 Å². The van der Waals surface area contributed by atoms with Crippen LogP contribution in [0, 0.1) is 0 Å². The van der Waals surface area contributed by atoms with Gasteiger partial charge in [-0.3, -0.25) is 4.98 Å². The van der Waals surface area contributed by atoms with Gasteiger partial charge in [0.15, 0.2) is 0 Å². The van der Waals surface area contributed by atoms with Crippen LogP contribution in [0.25, 0.3) is 0 Å². The Morgan fingerprint density at radius 2 is 2.15 bits per heavy atom. The van der Waals surface area contributed by atoms with E-state index in [0.717, 1.165) is 37.9 Å². The Labute approximate surface area is 132 Å².